The van der Waals surface area contributed by atoms with Gasteiger partial charge in [-0.05, 0) is 32.9 Å². The molecule has 1 saturated carbocycles. The molecule has 2 heterocycles. The molecule has 1 fully saturated rings. The van der Waals surface area contributed by atoms with Gasteiger partial charge in [0.25, 0.3) is 5.91 Å². The van der Waals surface area contributed by atoms with E-state index in [1.54, 1.807) is 10.0 Å². The number of anilines is 1. The average molecular weight is 432 g/mol. The molecule has 8 heteroatoms. The Balaban J connectivity index is 2.08. The Labute approximate surface area is 145 Å². The highest BCUT2D eigenvalue weighted by atomic mass is 127. The molecule has 1 aliphatic rings. The van der Waals surface area contributed by atoms with Crippen molar-refractivity contribution in [2.75, 3.05) is 18.0 Å². The van der Waals surface area contributed by atoms with Crippen molar-refractivity contribution in [2.45, 2.75) is 32.2 Å². The number of nitrogens with zero attached hydrogens (tertiary/aromatic N) is 3. The lowest BCUT2D eigenvalue weighted by Crippen LogP contribution is -2.24. The van der Waals surface area contributed by atoms with Gasteiger partial charge in [-0.15, -0.1) is 9.24 Å². The van der Waals surface area contributed by atoms with E-state index in [9.17, 15) is 4.79 Å². The first-order chi connectivity index (χ1) is 10.4. The monoisotopic (exact) mass is 432 g/mol. The smallest absolute Gasteiger partial charge is 0.266 e. The second-order valence-corrected chi connectivity index (χ2v) is 7.54. The van der Waals surface area contributed by atoms with Crippen molar-refractivity contribution in [3.63, 3.8) is 0 Å². The van der Waals surface area contributed by atoms with Crippen LogP contribution in [0.25, 0.3) is 11.1 Å². The van der Waals surface area contributed by atoms with Crippen LogP contribution in [0.5, 0.6) is 0 Å². The summed E-state index contributed by atoms with van der Waals surface area (Å²) in [7, 11) is 2.63. The molecule has 1 unspecified atom stereocenters. The van der Waals surface area contributed by atoms with Crippen LogP contribution < -0.4 is 5.32 Å². The number of furan rings is 1. The number of aromatic nitrogens is 2. The molecule has 1 atom stereocenters. The number of amides is 1. The molecule has 1 N–H and O–H groups in total. The fourth-order valence-electron chi connectivity index (χ4n) is 2.33. The highest BCUT2D eigenvalue weighted by Gasteiger charge is 2.38. The number of rotatable bonds is 5. The largest absolute Gasteiger partial charge is 0.442 e. The molecule has 0 radical (unpaired) electrons. The van der Waals surface area contributed by atoms with Gasteiger partial charge in [0.15, 0.2) is 0 Å². The summed E-state index contributed by atoms with van der Waals surface area (Å²) in [5.74, 6) is 1.19. The molecule has 0 spiro atoms. The number of fused-ring (bicyclic) bond motifs is 1. The summed E-state index contributed by atoms with van der Waals surface area (Å²) in [6, 6.07) is 0. The molecule has 0 aromatic carbocycles. The Morgan fingerprint density at radius 3 is 2.91 bits per heavy atom. The summed E-state index contributed by atoms with van der Waals surface area (Å²) in [4.78, 5) is 21.2. The topological polar surface area (TPSA) is 71.3 Å². The molecule has 2 aromatic rings. The van der Waals surface area contributed by atoms with Crippen molar-refractivity contribution < 1.29 is 9.21 Å². The van der Waals surface area contributed by atoms with Crippen molar-refractivity contribution in [3.8, 4) is 0 Å². The molecule has 0 aliphatic heterocycles. The molecule has 2 aromatic heterocycles. The lowest BCUT2D eigenvalue weighted by Gasteiger charge is -2.15. The van der Waals surface area contributed by atoms with Crippen LogP contribution in [-0.2, 0) is 0 Å². The van der Waals surface area contributed by atoms with E-state index in [2.05, 4.69) is 31.4 Å². The first kappa shape index (κ1) is 15.9. The van der Waals surface area contributed by atoms with Gasteiger partial charge in [0.05, 0.1) is 33.8 Å². The molecule has 6 nitrogen and oxygen atoms in total. The van der Waals surface area contributed by atoms with Crippen LogP contribution in [0.3, 0.4) is 0 Å². The van der Waals surface area contributed by atoms with Crippen molar-refractivity contribution in [1.82, 2.24) is 13.1 Å². The fourth-order valence-corrected chi connectivity index (χ4v) is 3.63. The minimum absolute atomic E-state index is 0.0663. The van der Waals surface area contributed by atoms with Gasteiger partial charge in [0.2, 0.25) is 5.71 Å². The van der Waals surface area contributed by atoms with E-state index in [1.807, 2.05) is 22.9 Å². The Kier molecular flexibility index (Phi) is 4.29. The minimum atomic E-state index is -0.0712. The third-order valence-corrected chi connectivity index (χ3v) is 5.02. The average Bonchev–Trinajstić information content (AvgIpc) is 3.08. The second-order valence-electron chi connectivity index (χ2n) is 5.80. The van der Waals surface area contributed by atoms with Crippen LogP contribution in [0.15, 0.2) is 10.7 Å². The zero-order chi connectivity index (χ0) is 15.9. The summed E-state index contributed by atoms with van der Waals surface area (Å²) >= 11 is 2.04. The highest BCUT2D eigenvalue weighted by molar-refractivity contribution is 14.1. The van der Waals surface area contributed by atoms with Gasteiger partial charge < -0.3 is 9.73 Å². The van der Waals surface area contributed by atoms with Gasteiger partial charge in [-0.25, -0.2) is 9.97 Å². The van der Waals surface area contributed by atoms with Crippen LogP contribution in [-0.4, -0.2) is 37.2 Å². The number of halogens is 1. The maximum Gasteiger partial charge on any atom is 0.266 e. The van der Waals surface area contributed by atoms with Crippen molar-refractivity contribution >= 4 is 54.9 Å². The molecule has 3 rings (SSSR count). The molecular formula is C14H18IN4O2P. The fraction of sp³-hybridized carbons (Fsp3) is 0.500. The van der Waals surface area contributed by atoms with Crippen LogP contribution in [0.1, 0.15) is 35.9 Å². The number of hydrogen-bond acceptors (Lipinski definition) is 5. The van der Waals surface area contributed by atoms with Gasteiger partial charge in [-0.3, -0.25) is 7.91 Å². The summed E-state index contributed by atoms with van der Waals surface area (Å²) in [6.07, 6.45) is 4.50. The Morgan fingerprint density at radius 1 is 1.55 bits per heavy atom. The van der Waals surface area contributed by atoms with Crippen molar-refractivity contribution in [1.29, 1.82) is 0 Å². The maximum absolute atomic E-state index is 12.7. The zero-order valence-corrected chi connectivity index (χ0v) is 15.8. The minimum Gasteiger partial charge on any atom is -0.442 e. The first-order valence-corrected chi connectivity index (χ1v) is 8.93. The molecule has 22 heavy (non-hydrogen) atoms. The SMILES string of the molecule is Cc1oc2ncnc(NC3(C)CC3)c2c1C(=O)N(I)CCP. The van der Waals surface area contributed by atoms with Gasteiger partial charge in [-0.1, -0.05) is 0 Å². The van der Waals surface area contributed by atoms with Crippen molar-refractivity contribution in [3.05, 3.63) is 17.7 Å². The lowest BCUT2D eigenvalue weighted by molar-refractivity contribution is 0.0893. The quantitative estimate of drug-likeness (QED) is 0.447. The van der Waals surface area contributed by atoms with Crippen LogP contribution >= 0.6 is 32.1 Å². The Hall–Kier alpha value is -0.950. The molecule has 118 valence electrons. The Morgan fingerprint density at radius 2 is 2.27 bits per heavy atom. The van der Waals surface area contributed by atoms with Crippen molar-refractivity contribution in [2.24, 2.45) is 0 Å². The number of nitrogens with one attached hydrogen (secondary N) is 1. The maximum atomic E-state index is 12.7. The standard InChI is InChI=1S/C14H18IN4O2P/c1-8-9(13(20)19(15)5-6-22)10-11(18-14(2)3-4-14)16-7-17-12(10)21-8/h7H,3-6,22H2,1-2H3,(H,16,17,18). The van der Waals surface area contributed by atoms with Gasteiger partial charge in [0.1, 0.15) is 17.9 Å². The number of carbonyl (C=O) groups is 1. The van der Waals surface area contributed by atoms with Crippen LogP contribution in [0.2, 0.25) is 0 Å². The Bertz CT molecular complexity index is 729. The number of aryl methyl sites for hydroxylation is 1. The predicted octanol–water partition coefficient (Wildman–Crippen LogP) is 3.16. The number of hydrogen-bond donors (Lipinski definition) is 1. The third-order valence-electron chi connectivity index (χ3n) is 3.84. The van der Waals surface area contributed by atoms with E-state index in [1.165, 1.54) is 6.33 Å². The lowest BCUT2D eigenvalue weighted by atomic mass is 10.1. The van der Waals surface area contributed by atoms with Crippen LogP contribution in [0.4, 0.5) is 5.82 Å². The summed E-state index contributed by atoms with van der Waals surface area (Å²) in [5, 5.41) is 4.11. The molecular weight excluding hydrogens is 414 g/mol. The summed E-state index contributed by atoms with van der Waals surface area (Å²) in [6.45, 7) is 4.60. The van der Waals surface area contributed by atoms with Gasteiger partial charge >= 0.3 is 0 Å². The first-order valence-electron chi connectivity index (χ1n) is 7.15. The molecule has 0 saturated heterocycles. The van der Waals surface area contributed by atoms with Gasteiger partial charge in [-0.2, -0.15) is 0 Å². The zero-order valence-electron chi connectivity index (χ0n) is 12.5. The summed E-state index contributed by atoms with van der Waals surface area (Å²) < 4.78 is 7.34. The third kappa shape index (κ3) is 2.93. The summed E-state index contributed by atoms with van der Waals surface area (Å²) in [5.41, 5.74) is 1.07. The van der Waals surface area contributed by atoms with Crippen LogP contribution in [0, 0.1) is 6.92 Å². The second kappa shape index (κ2) is 5.92. The van der Waals surface area contributed by atoms with E-state index in [0.29, 0.717) is 34.8 Å². The molecule has 0 bridgehead atoms. The normalized spacial score (nSPS) is 15.8. The highest BCUT2D eigenvalue weighted by Crippen LogP contribution is 2.40. The van der Waals surface area contributed by atoms with E-state index in [4.69, 9.17) is 4.42 Å². The molecule has 1 aliphatic carbocycles. The predicted molar refractivity (Wildman–Crippen MR) is 97.4 cm³/mol. The van der Waals surface area contributed by atoms with E-state index in [0.717, 1.165) is 19.0 Å². The number of carbonyl (C=O) groups excluding carboxylic acids is 1. The van der Waals surface area contributed by atoms with E-state index < -0.39 is 0 Å². The van der Waals surface area contributed by atoms with Gasteiger partial charge in [0, 0.05) is 12.1 Å². The molecule has 1 amide bonds. The van der Waals surface area contributed by atoms with E-state index >= 15 is 0 Å². The van der Waals surface area contributed by atoms with E-state index in [-0.39, 0.29) is 11.4 Å².